The molecule has 2 aliphatic rings. The number of fused-ring (bicyclic) bond motifs is 1. The molecule has 0 aromatic heterocycles. The number of ketones is 1. The summed E-state index contributed by atoms with van der Waals surface area (Å²) < 4.78 is 23.1. The number of para-hydroxylation sites is 2. The molecule has 0 bridgehead atoms. The van der Waals surface area contributed by atoms with E-state index in [1.807, 2.05) is 24.3 Å². The third-order valence-electron chi connectivity index (χ3n) is 5.70. The number of carbonyl (C=O) groups excluding carboxylic acids is 1. The summed E-state index contributed by atoms with van der Waals surface area (Å²) in [5.41, 5.74) is 2.42. The quantitative estimate of drug-likeness (QED) is 0.718. The van der Waals surface area contributed by atoms with Crippen LogP contribution in [0.1, 0.15) is 30.4 Å². The zero-order valence-corrected chi connectivity index (χ0v) is 16.8. The summed E-state index contributed by atoms with van der Waals surface area (Å²) in [6, 6.07) is 15.5. The number of methoxy groups -OCH3 is 1. The molecule has 5 nitrogen and oxygen atoms in total. The van der Waals surface area contributed by atoms with Gasteiger partial charge in [0.15, 0.2) is 11.5 Å². The van der Waals surface area contributed by atoms with E-state index in [1.54, 1.807) is 19.2 Å². The van der Waals surface area contributed by atoms with E-state index in [1.165, 1.54) is 17.4 Å². The highest BCUT2D eigenvalue weighted by molar-refractivity contribution is 5.96. The number of rotatable bonds is 6. The molecule has 1 aliphatic heterocycles. The van der Waals surface area contributed by atoms with E-state index in [0.29, 0.717) is 24.5 Å². The molecule has 1 saturated carbocycles. The molecule has 2 aromatic rings. The van der Waals surface area contributed by atoms with Crippen LogP contribution in [-0.2, 0) is 20.9 Å². The Morgan fingerprint density at radius 3 is 2.59 bits per heavy atom. The van der Waals surface area contributed by atoms with Crippen molar-refractivity contribution >= 4 is 5.78 Å². The maximum atomic E-state index is 12.9. The average molecular weight is 394 g/mol. The molecule has 152 valence electrons. The Morgan fingerprint density at radius 1 is 1.03 bits per heavy atom. The first-order valence-corrected chi connectivity index (χ1v) is 10.0. The second kappa shape index (κ2) is 8.70. The minimum Gasteiger partial charge on any atom is -0.493 e. The number of aryl methyl sites for hydroxylation is 1. The Morgan fingerprint density at radius 2 is 1.79 bits per heavy atom. The summed E-state index contributed by atoms with van der Waals surface area (Å²) in [6.07, 6.45) is 3.65. The number of carbonyl (C=O) groups is 1. The lowest BCUT2D eigenvalue weighted by Gasteiger charge is -2.37. The molecule has 1 fully saturated rings. The van der Waals surface area contributed by atoms with Gasteiger partial charge >= 0.3 is 0 Å². The molecule has 0 spiro atoms. The van der Waals surface area contributed by atoms with E-state index in [4.69, 9.17) is 18.9 Å². The molecule has 4 rings (SSSR count). The molecule has 2 aromatic carbocycles. The van der Waals surface area contributed by atoms with E-state index >= 15 is 0 Å². The van der Waals surface area contributed by atoms with Crippen LogP contribution >= 0.6 is 0 Å². The van der Waals surface area contributed by atoms with Crippen molar-refractivity contribution in [3.63, 3.8) is 0 Å². The van der Waals surface area contributed by atoms with E-state index < -0.39 is 0 Å². The third kappa shape index (κ3) is 4.30. The summed E-state index contributed by atoms with van der Waals surface area (Å²) in [4.78, 5) is 12.9. The highest BCUT2D eigenvalue weighted by Gasteiger charge is 2.41. The van der Waals surface area contributed by atoms with Gasteiger partial charge in [-0.1, -0.05) is 36.4 Å². The van der Waals surface area contributed by atoms with Gasteiger partial charge in [0, 0.05) is 6.42 Å². The fourth-order valence-corrected chi connectivity index (χ4v) is 3.96. The van der Waals surface area contributed by atoms with Crippen molar-refractivity contribution in [2.45, 2.75) is 45.0 Å². The van der Waals surface area contributed by atoms with Gasteiger partial charge in [-0.15, -0.1) is 0 Å². The molecule has 1 heterocycles. The topological polar surface area (TPSA) is 54.0 Å². The Bertz CT molecular complexity index is 904. The van der Waals surface area contributed by atoms with Gasteiger partial charge in [-0.2, -0.15) is 0 Å². The monoisotopic (exact) mass is 394 g/mol. The molecule has 5 heteroatoms. The van der Waals surface area contributed by atoms with Crippen molar-refractivity contribution in [2.24, 2.45) is 5.92 Å². The normalized spacial score (nSPS) is 23.6. The molecule has 0 N–H and O–H groups in total. The van der Waals surface area contributed by atoms with Crippen molar-refractivity contribution < 1.29 is 23.7 Å². The maximum Gasteiger partial charge on any atom is 0.208 e. The van der Waals surface area contributed by atoms with Gasteiger partial charge in [0.2, 0.25) is 11.5 Å². The number of hydrogen-bond acceptors (Lipinski definition) is 5. The fourth-order valence-electron chi connectivity index (χ4n) is 3.96. The lowest BCUT2D eigenvalue weighted by Crippen LogP contribution is -2.42. The number of Topliss-reactive ketones (excluding diaryl/α,β-unsaturated/α-hetero) is 1. The summed E-state index contributed by atoms with van der Waals surface area (Å²) in [5.74, 6) is 1.12. The number of benzene rings is 2. The van der Waals surface area contributed by atoms with E-state index in [0.717, 1.165) is 12.8 Å². The van der Waals surface area contributed by atoms with Crippen molar-refractivity contribution in [1.82, 2.24) is 0 Å². The molecular formula is C24H26O5. The predicted molar refractivity (Wildman–Crippen MR) is 109 cm³/mol. The smallest absolute Gasteiger partial charge is 0.208 e. The zero-order chi connectivity index (χ0) is 20.2. The Hall–Kier alpha value is -2.79. The zero-order valence-electron chi connectivity index (χ0n) is 16.8. The van der Waals surface area contributed by atoms with Gasteiger partial charge < -0.3 is 18.9 Å². The van der Waals surface area contributed by atoms with Crippen LogP contribution in [-0.4, -0.2) is 25.1 Å². The average Bonchev–Trinajstić information content (AvgIpc) is 2.75. The molecule has 3 atom stereocenters. The third-order valence-corrected chi connectivity index (χ3v) is 5.70. The van der Waals surface area contributed by atoms with Crippen LogP contribution < -0.4 is 9.47 Å². The van der Waals surface area contributed by atoms with Gasteiger partial charge in [0.25, 0.3) is 0 Å². The highest BCUT2D eigenvalue weighted by Crippen LogP contribution is 2.36. The first kappa shape index (κ1) is 19.5. The molecular weight excluding hydrogens is 368 g/mol. The molecule has 3 unspecified atom stereocenters. The maximum absolute atomic E-state index is 12.9. The van der Waals surface area contributed by atoms with Crippen LogP contribution in [0.15, 0.2) is 60.6 Å². The molecule has 1 aliphatic carbocycles. The van der Waals surface area contributed by atoms with Crippen LogP contribution in [0.25, 0.3) is 0 Å². The SMILES string of the molecule is COc1ccccc1OC1=COC2CC(OCc3ccccc3C)CCC2C1=O. The van der Waals surface area contributed by atoms with Crippen molar-refractivity contribution in [1.29, 1.82) is 0 Å². The lowest BCUT2D eigenvalue weighted by atomic mass is 9.80. The second-order valence-corrected chi connectivity index (χ2v) is 7.55. The Kier molecular flexibility index (Phi) is 5.86. The first-order chi connectivity index (χ1) is 14.2. The summed E-state index contributed by atoms with van der Waals surface area (Å²) in [6.45, 7) is 2.67. The van der Waals surface area contributed by atoms with E-state index in [9.17, 15) is 4.79 Å². The molecule has 0 radical (unpaired) electrons. The number of hydrogen-bond donors (Lipinski definition) is 0. The van der Waals surface area contributed by atoms with Crippen LogP contribution in [0.4, 0.5) is 0 Å². The van der Waals surface area contributed by atoms with Crippen molar-refractivity contribution in [3.8, 4) is 11.5 Å². The van der Waals surface area contributed by atoms with E-state index in [2.05, 4.69) is 19.1 Å². The second-order valence-electron chi connectivity index (χ2n) is 7.55. The van der Waals surface area contributed by atoms with Crippen molar-refractivity contribution in [2.75, 3.05) is 7.11 Å². The standard InChI is InChI=1S/C24H26O5/c1-16-7-3-4-8-17(16)14-27-18-11-12-19-22(13-18)28-15-23(24(19)25)29-21-10-6-5-9-20(21)26-2/h3-10,15,18-19,22H,11-14H2,1-2H3. The number of ether oxygens (including phenoxy) is 4. The first-order valence-electron chi connectivity index (χ1n) is 10.0. The van der Waals surface area contributed by atoms with Crippen LogP contribution in [0.2, 0.25) is 0 Å². The van der Waals surface area contributed by atoms with E-state index in [-0.39, 0.29) is 29.7 Å². The molecule has 0 amide bonds. The van der Waals surface area contributed by atoms with Crippen LogP contribution in [0.3, 0.4) is 0 Å². The van der Waals surface area contributed by atoms with Crippen LogP contribution in [0.5, 0.6) is 11.5 Å². The van der Waals surface area contributed by atoms with Gasteiger partial charge in [0.1, 0.15) is 12.4 Å². The highest BCUT2D eigenvalue weighted by atomic mass is 16.5. The summed E-state index contributed by atoms with van der Waals surface area (Å²) >= 11 is 0. The minimum atomic E-state index is -0.192. The van der Waals surface area contributed by atoms with Crippen LogP contribution in [0, 0.1) is 12.8 Å². The summed E-state index contributed by atoms with van der Waals surface area (Å²) in [5, 5.41) is 0. The Balaban J connectivity index is 1.38. The lowest BCUT2D eigenvalue weighted by molar-refractivity contribution is -0.134. The molecule has 0 saturated heterocycles. The minimum absolute atomic E-state index is 0.00971. The molecule has 29 heavy (non-hydrogen) atoms. The Labute approximate surface area is 171 Å². The largest absolute Gasteiger partial charge is 0.493 e. The number of allylic oxidation sites excluding steroid dienone is 1. The van der Waals surface area contributed by atoms with Crippen molar-refractivity contribution in [3.05, 3.63) is 71.7 Å². The van der Waals surface area contributed by atoms with Gasteiger partial charge in [-0.3, -0.25) is 4.79 Å². The fraction of sp³-hybridized carbons (Fsp3) is 0.375. The summed E-state index contributed by atoms with van der Waals surface area (Å²) in [7, 11) is 1.57. The van der Waals surface area contributed by atoms with Gasteiger partial charge in [-0.25, -0.2) is 0 Å². The van der Waals surface area contributed by atoms with Gasteiger partial charge in [0.05, 0.1) is 25.7 Å². The predicted octanol–water partition coefficient (Wildman–Crippen LogP) is 4.58. The van der Waals surface area contributed by atoms with Gasteiger partial charge in [-0.05, 0) is 43.0 Å².